The van der Waals surface area contributed by atoms with Gasteiger partial charge in [0.1, 0.15) is 6.04 Å². The molecule has 0 fully saturated rings. The first kappa shape index (κ1) is 16.0. The van der Waals surface area contributed by atoms with Crippen molar-refractivity contribution in [2.45, 2.75) is 45.7 Å². The van der Waals surface area contributed by atoms with E-state index < -0.39 is 18.0 Å². The fourth-order valence-corrected chi connectivity index (χ4v) is 1.61. The summed E-state index contributed by atoms with van der Waals surface area (Å²) in [6, 6.07) is 6.60. The minimum Gasteiger partial charge on any atom is -0.480 e. The Bertz CT molecular complexity index is 475. The molecule has 0 aliphatic rings. The number of carbonyl (C=O) groups is 2. The van der Waals surface area contributed by atoms with Crippen molar-refractivity contribution in [2.75, 3.05) is 0 Å². The van der Waals surface area contributed by atoms with E-state index >= 15 is 0 Å². The highest BCUT2D eigenvalue weighted by molar-refractivity contribution is 5.82. The molecule has 0 heterocycles. The monoisotopic (exact) mass is 278 g/mol. The van der Waals surface area contributed by atoms with Gasteiger partial charge in [0.2, 0.25) is 0 Å². The molecule has 0 spiro atoms. The molecule has 1 rings (SSSR count). The average Bonchev–Trinajstić information content (AvgIpc) is 2.35. The highest BCUT2D eigenvalue weighted by atomic mass is 16.4. The van der Waals surface area contributed by atoms with E-state index in [9.17, 15) is 9.59 Å². The molecule has 0 bridgehead atoms. The van der Waals surface area contributed by atoms with Crippen LogP contribution in [-0.4, -0.2) is 23.1 Å². The molecular weight excluding hydrogens is 256 g/mol. The first-order valence-electron chi connectivity index (χ1n) is 6.57. The van der Waals surface area contributed by atoms with E-state index in [0.29, 0.717) is 6.54 Å². The summed E-state index contributed by atoms with van der Waals surface area (Å²) < 4.78 is 0. The van der Waals surface area contributed by atoms with Crippen molar-refractivity contribution in [1.82, 2.24) is 10.6 Å². The molecule has 1 aromatic rings. The highest BCUT2D eigenvalue weighted by Crippen LogP contribution is 2.22. The minimum atomic E-state index is -1.06. The van der Waals surface area contributed by atoms with Crippen LogP contribution >= 0.6 is 0 Å². The van der Waals surface area contributed by atoms with E-state index in [1.807, 2.05) is 24.3 Å². The molecular formula is C15H22N2O3. The van der Waals surface area contributed by atoms with Crippen molar-refractivity contribution in [3.8, 4) is 0 Å². The smallest absolute Gasteiger partial charge is 0.325 e. The second-order valence-corrected chi connectivity index (χ2v) is 5.83. The van der Waals surface area contributed by atoms with Crippen molar-refractivity contribution in [2.24, 2.45) is 0 Å². The number of carbonyl (C=O) groups excluding carboxylic acids is 1. The van der Waals surface area contributed by atoms with Gasteiger partial charge in [-0.3, -0.25) is 4.79 Å². The molecule has 1 unspecified atom stereocenters. The summed E-state index contributed by atoms with van der Waals surface area (Å²) in [7, 11) is 0. The van der Waals surface area contributed by atoms with Crippen LogP contribution in [0.4, 0.5) is 4.79 Å². The lowest BCUT2D eigenvalue weighted by atomic mass is 9.87. The van der Waals surface area contributed by atoms with Gasteiger partial charge in [-0.1, -0.05) is 45.0 Å². The van der Waals surface area contributed by atoms with E-state index in [2.05, 4.69) is 31.4 Å². The second-order valence-electron chi connectivity index (χ2n) is 5.83. The summed E-state index contributed by atoms with van der Waals surface area (Å²) in [5.41, 5.74) is 2.29. The lowest BCUT2D eigenvalue weighted by Gasteiger charge is -2.19. The summed E-state index contributed by atoms with van der Waals surface area (Å²) in [6.07, 6.45) is 0. The number of amides is 2. The van der Waals surface area contributed by atoms with Gasteiger partial charge < -0.3 is 15.7 Å². The van der Waals surface area contributed by atoms with Crippen molar-refractivity contribution < 1.29 is 14.7 Å². The molecule has 1 atom stereocenters. The van der Waals surface area contributed by atoms with Gasteiger partial charge in [0.05, 0.1) is 0 Å². The normalized spacial score (nSPS) is 12.6. The molecule has 3 N–H and O–H groups in total. The molecule has 20 heavy (non-hydrogen) atoms. The van der Waals surface area contributed by atoms with Crippen molar-refractivity contribution in [1.29, 1.82) is 0 Å². The molecule has 0 saturated carbocycles. The molecule has 5 nitrogen and oxygen atoms in total. The molecule has 0 saturated heterocycles. The van der Waals surface area contributed by atoms with Crippen LogP contribution in [0.5, 0.6) is 0 Å². The van der Waals surface area contributed by atoms with Crippen LogP contribution in [0.15, 0.2) is 24.3 Å². The molecule has 0 aliphatic carbocycles. The first-order valence-corrected chi connectivity index (χ1v) is 6.57. The zero-order chi connectivity index (χ0) is 15.3. The summed E-state index contributed by atoms with van der Waals surface area (Å²) in [5.74, 6) is -1.06. The van der Waals surface area contributed by atoms with Crippen LogP contribution < -0.4 is 10.6 Å². The minimum absolute atomic E-state index is 0.0975. The van der Waals surface area contributed by atoms with E-state index in [-0.39, 0.29) is 5.41 Å². The summed E-state index contributed by atoms with van der Waals surface area (Å²) in [4.78, 5) is 22.1. The van der Waals surface area contributed by atoms with Gasteiger partial charge in [-0.25, -0.2) is 4.79 Å². The topological polar surface area (TPSA) is 78.4 Å². The number of benzene rings is 1. The molecule has 0 radical (unpaired) electrons. The average molecular weight is 278 g/mol. The lowest BCUT2D eigenvalue weighted by molar-refractivity contribution is -0.138. The van der Waals surface area contributed by atoms with Crippen LogP contribution in [0, 0.1) is 0 Å². The third kappa shape index (κ3) is 4.91. The summed E-state index contributed by atoms with van der Waals surface area (Å²) in [5, 5.41) is 13.6. The number of aliphatic carboxylic acids is 1. The van der Waals surface area contributed by atoms with Crippen molar-refractivity contribution >= 4 is 12.0 Å². The molecule has 0 aromatic heterocycles. The molecule has 110 valence electrons. The van der Waals surface area contributed by atoms with Gasteiger partial charge >= 0.3 is 12.0 Å². The fraction of sp³-hybridized carbons (Fsp3) is 0.467. The van der Waals surface area contributed by atoms with E-state index in [1.165, 1.54) is 12.5 Å². The van der Waals surface area contributed by atoms with Crippen LogP contribution in [-0.2, 0) is 16.8 Å². The SMILES string of the molecule is CC(NC(=O)NCc1ccc(C(C)(C)C)cc1)C(=O)O. The number of carboxylic acids is 1. The Morgan fingerprint density at radius 3 is 2.20 bits per heavy atom. The molecule has 1 aromatic carbocycles. The molecule has 5 heteroatoms. The van der Waals surface area contributed by atoms with Crippen molar-refractivity contribution in [3.05, 3.63) is 35.4 Å². The maximum atomic E-state index is 11.5. The van der Waals surface area contributed by atoms with Crippen LogP contribution in [0.2, 0.25) is 0 Å². The highest BCUT2D eigenvalue weighted by Gasteiger charge is 2.14. The van der Waals surface area contributed by atoms with E-state index in [4.69, 9.17) is 5.11 Å². The Morgan fingerprint density at radius 1 is 1.20 bits per heavy atom. The lowest BCUT2D eigenvalue weighted by Crippen LogP contribution is -2.44. The Morgan fingerprint density at radius 2 is 1.75 bits per heavy atom. The van der Waals surface area contributed by atoms with Crippen molar-refractivity contribution in [3.63, 3.8) is 0 Å². The number of urea groups is 1. The Balaban J connectivity index is 2.50. The van der Waals surface area contributed by atoms with Gasteiger partial charge in [-0.15, -0.1) is 0 Å². The molecule has 0 aliphatic heterocycles. The fourth-order valence-electron chi connectivity index (χ4n) is 1.61. The maximum Gasteiger partial charge on any atom is 0.325 e. The summed E-state index contributed by atoms with van der Waals surface area (Å²) in [6.45, 7) is 8.20. The Labute approximate surface area is 119 Å². The number of rotatable bonds is 4. The zero-order valence-electron chi connectivity index (χ0n) is 12.4. The number of nitrogens with one attached hydrogen (secondary N) is 2. The number of hydrogen-bond donors (Lipinski definition) is 3. The third-order valence-electron chi connectivity index (χ3n) is 2.99. The largest absolute Gasteiger partial charge is 0.480 e. The van der Waals surface area contributed by atoms with E-state index in [0.717, 1.165) is 5.56 Å². The third-order valence-corrected chi connectivity index (χ3v) is 2.99. The predicted octanol–water partition coefficient (Wildman–Crippen LogP) is 2.26. The summed E-state index contributed by atoms with van der Waals surface area (Å²) >= 11 is 0. The van der Waals surface area contributed by atoms with E-state index in [1.54, 1.807) is 0 Å². The number of hydrogen-bond acceptors (Lipinski definition) is 2. The number of carboxylic acid groups (broad SMARTS) is 1. The first-order chi connectivity index (χ1) is 9.20. The van der Waals surface area contributed by atoms with Gasteiger partial charge in [-0.2, -0.15) is 0 Å². The van der Waals surface area contributed by atoms with Crippen LogP contribution in [0.1, 0.15) is 38.8 Å². The zero-order valence-corrected chi connectivity index (χ0v) is 12.4. The van der Waals surface area contributed by atoms with Gasteiger partial charge in [-0.05, 0) is 23.5 Å². The van der Waals surface area contributed by atoms with Gasteiger partial charge in [0.25, 0.3) is 0 Å². The Hall–Kier alpha value is -2.04. The van der Waals surface area contributed by atoms with Crippen LogP contribution in [0.25, 0.3) is 0 Å². The quantitative estimate of drug-likeness (QED) is 0.790. The second kappa shape index (κ2) is 6.41. The maximum absolute atomic E-state index is 11.5. The van der Waals surface area contributed by atoms with Gasteiger partial charge in [0.15, 0.2) is 0 Å². The standard InChI is InChI=1S/C15H22N2O3/c1-10(13(18)19)17-14(20)16-9-11-5-7-12(8-6-11)15(2,3)4/h5-8,10H,9H2,1-4H3,(H,18,19)(H2,16,17,20). The van der Waals surface area contributed by atoms with Crippen LogP contribution in [0.3, 0.4) is 0 Å². The van der Waals surface area contributed by atoms with Gasteiger partial charge in [0, 0.05) is 6.54 Å². The Kier molecular flexibility index (Phi) is 5.13. The predicted molar refractivity (Wildman–Crippen MR) is 77.6 cm³/mol. The molecule has 2 amide bonds.